The molecular formula is C20H29NO. The molecule has 0 amide bonds. The van der Waals surface area contributed by atoms with Crippen LogP contribution in [0.2, 0.25) is 0 Å². The molecule has 0 spiro atoms. The van der Waals surface area contributed by atoms with Gasteiger partial charge in [-0.05, 0) is 74.2 Å². The average molecular weight is 299 g/mol. The van der Waals surface area contributed by atoms with Gasteiger partial charge in [0, 0.05) is 12.6 Å². The number of hydrogen-bond donors (Lipinski definition) is 1. The summed E-state index contributed by atoms with van der Waals surface area (Å²) in [6.07, 6.45) is 5.93. The highest BCUT2D eigenvalue weighted by Gasteiger charge is 2.46. The molecule has 1 aliphatic carbocycles. The molecule has 1 saturated heterocycles. The maximum atomic E-state index is 9.94. The van der Waals surface area contributed by atoms with E-state index in [4.69, 9.17) is 0 Å². The molecule has 0 radical (unpaired) electrons. The van der Waals surface area contributed by atoms with Crippen LogP contribution in [0.25, 0.3) is 0 Å². The van der Waals surface area contributed by atoms with Crippen LogP contribution in [-0.4, -0.2) is 29.1 Å². The fraction of sp³-hybridized carbons (Fsp3) is 0.600. The highest BCUT2D eigenvalue weighted by Crippen LogP contribution is 2.48. The highest BCUT2D eigenvalue weighted by atomic mass is 16.3. The van der Waals surface area contributed by atoms with E-state index in [9.17, 15) is 5.11 Å². The Labute approximate surface area is 134 Å². The molecule has 2 bridgehead atoms. The smallest absolute Gasteiger partial charge is 0.115 e. The first-order valence-electron chi connectivity index (χ1n) is 8.61. The maximum absolute atomic E-state index is 9.94. The standard InChI is InChI=1S/C20H29NO/c1-14(2)8-11-21-10-5-9-20(4)15(3)19(21)12-16-6-7-17(22)13-18(16)20/h6-8,13,15,19,22H,5,9-12H2,1-4H3/t15-,19-,20-/m1/s1. The van der Waals surface area contributed by atoms with Crippen LogP contribution in [0.1, 0.15) is 51.7 Å². The minimum absolute atomic E-state index is 0.191. The lowest BCUT2D eigenvalue weighted by molar-refractivity contribution is 0.130. The van der Waals surface area contributed by atoms with E-state index in [1.165, 1.54) is 36.1 Å². The van der Waals surface area contributed by atoms with Crippen molar-refractivity contribution in [3.8, 4) is 5.75 Å². The Morgan fingerprint density at radius 2 is 2.18 bits per heavy atom. The summed E-state index contributed by atoms with van der Waals surface area (Å²) in [6, 6.07) is 6.63. The fourth-order valence-corrected chi connectivity index (χ4v) is 4.50. The van der Waals surface area contributed by atoms with Crippen molar-refractivity contribution in [3.05, 3.63) is 41.0 Å². The molecule has 2 nitrogen and oxygen atoms in total. The van der Waals surface area contributed by atoms with Crippen LogP contribution in [-0.2, 0) is 11.8 Å². The van der Waals surface area contributed by atoms with Crippen LogP contribution in [0.3, 0.4) is 0 Å². The minimum atomic E-state index is 0.191. The van der Waals surface area contributed by atoms with Crippen molar-refractivity contribution < 1.29 is 5.11 Å². The minimum Gasteiger partial charge on any atom is -0.508 e. The number of phenolic OH excluding ortho intramolecular Hbond substituents is 1. The number of nitrogens with zero attached hydrogens (tertiary/aromatic N) is 1. The summed E-state index contributed by atoms with van der Waals surface area (Å²) in [5.41, 5.74) is 4.42. The molecule has 120 valence electrons. The third-order valence-electron chi connectivity index (χ3n) is 6.06. The molecule has 2 heteroatoms. The van der Waals surface area contributed by atoms with Crippen LogP contribution >= 0.6 is 0 Å². The molecule has 1 fully saturated rings. The van der Waals surface area contributed by atoms with Crippen molar-refractivity contribution >= 4 is 0 Å². The molecule has 1 heterocycles. The van der Waals surface area contributed by atoms with Gasteiger partial charge in [-0.15, -0.1) is 0 Å². The maximum Gasteiger partial charge on any atom is 0.115 e. The van der Waals surface area contributed by atoms with E-state index in [0.717, 1.165) is 13.0 Å². The summed E-state index contributed by atoms with van der Waals surface area (Å²) >= 11 is 0. The van der Waals surface area contributed by atoms with E-state index < -0.39 is 0 Å². The summed E-state index contributed by atoms with van der Waals surface area (Å²) in [4.78, 5) is 2.68. The molecule has 3 atom stereocenters. The summed E-state index contributed by atoms with van der Waals surface area (Å²) in [5.74, 6) is 1.03. The van der Waals surface area contributed by atoms with Crippen molar-refractivity contribution in [3.63, 3.8) is 0 Å². The van der Waals surface area contributed by atoms with Crippen molar-refractivity contribution in [2.75, 3.05) is 13.1 Å². The van der Waals surface area contributed by atoms with Gasteiger partial charge in [0.05, 0.1) is 0 Å². The summed E-state index contributed by atoms with van der Waals surface area (Å²) < 4.78 is 0. The zero-order chi connectivity index (χ0) is 15.9. The van der Waals surface area contributed by atoms with Gasteiger partial charge >= 0.3 is 0 Å². The lowest BCUT2D eigenvalue weighted by Gasteiger charge is -2.47. The van der Waals surface area contributed by atoms with Gasteiger partial charge in [0.2, 0.25) is 0 Å². The molecule has 3 rings (SSSR count). The number of fused-ring (bicyclic) bond motifs is 4. The third-order valence-corrected chi connectivity index (χ3v) is 6.06. The largest absolute Gasteiger partial charge is 0.508 e. The Balaban J connectivity index is 2.00. The van der Waals surface area contributed by atoms with E-state index in [0.29, 0.717) is 17.7 Å². The number of phenols is 1. The Hall–Kier alpha value is -1.28. The number of hydrogen-bond acceptors (Lipinski definition) is 2. The lowest BCUT2D eigenvalue weighted by atomic mass is 9.61. The topological polar surface area (TPSA) is 23.5 Å². The van der Waals surface area contributed by atoms with E-state index in [-0.39, 0.29) is 5.41 Å². The molecular weight excluding hydrogens is 270 g/mol. The second kappa shape index (κ2) is 5.73. The van der Waals surface area contributed by atoms with Crippen LogP contribution in [0.15, 0.2) is 29.8 Å². The van der Waals surface area contributed by atoms with Crippen LogP contribution in [0.5, 0.6) is 5.75 Å². The Morgan fingerprint density at radius 3 is 2.91 bits per heavy atom. The van der Waals surface area contributed by atoms with Crippen LogP contribution in [0.4, 0.5) is 0 Å². The van der Waals surface area contributed by atoms with Gasteiger partial charge in [-0.2, -0.15) is 0 Å². The third kappa shape index (κ3) is 2.58. The predicted molar refractivity (Wildman–Crippen MR) is 92.4 cm³/mol. The lowest BCUT2D eigenvalue weighted by Crippen LogP contribution is -2.49. The van der Waals surface area contributed by atoms with E-state index in [1.807, 2.05) is 12.1 Å². The number of allylic oxidation sites excluding steroid dienone is 1. The van der Waals surface area contributed by atoms with Crippen LogP contribution in [0, 0.1) is 5.92 Å². The normalized spacial score (nSPS) is 31.3. The highest BCUT2D eigenvalue weighted by molar-refractivity contribution is 5.43. The first-order chi connectivity index (χ1) is 10.4. The van der Waals surface area contributed by atoms with Crippen molar-refractivity contribution in [1.82, 2.24) is 4.90 Å². The quantitative estimate of drug-likeness (QED) is 0.824. The molecule has 22 heavy (non-hydrogen) atoms. The van der Waals surface area contributed by atoms with Gasteiger partial charge in [0.15, 0.2) is 0 Å². The van der Waals surface area contributed by atoms with Gasteiger partial charge in [-0.1, -0.05) is 31.6 Å². The molecule has 0 unspecified atom stereocenters. The number of likely N-dealkylation sites (tertiary alicyclic amines) is 1. The van der Waals surface area contributed by atoms with Crippen molar-refractivity contribution in [1.29, 1.82) is 0 Å². The fourth-order valence-electron chi connectivity index (χ4n) is 4.50. The number of rotatable bonds is 2. The second-order valence-corrected chi connectivity index (χ2v) is 7.70. The van der Waals surface area contributed by atoms with E-state index in [2.05, 4.69) is 44.7 Å². The van der Waals surface area contributed by atoms with Gasteiger partial charge in [-0.25, -0.2) is 0 Å². The van der Waals surface area contributed by atoms with Crippen molar-refractivity contribution in [2.24, 2.45) is 5.92 Å². The number of aromatic hydroxyl groups is 1. The second-order valence-electron chi connectivity index (χ2n) is 7.70. The average Bonchev–Trinajstić information content (AvgIpc) is 2.54. The summed E-state index contributed by atoms with van der Waals surface area (Å²) in [5, 5.41) is 9.94. The van der Waals surface area contributed by atoms with Crippen LogP contribution < -0.4 is 0 Å². The SMILES string of the molecule is CC(C)=CCN1CCC[C@@]2(C)c3cc(O)ccc3C[C@@H]1[C@H]2C. The Bertz CT molecular complexity index is 587. The zero-order valence-electron chi connectivity index (χ0n) is 14.4. The predicted octanol–water partition coefficient (Wildman–Crippen LogP) is 4.27. The van der Waals surface area contributed by atoms with E-state index >= 15 is 0 Å². The molecule has 1 aromatic rings. The molecule has 1 N–H and O–H groups in total. The Kier molecular flexibility index (Phi) is 4.07. The first-order valence-corrected chi connectivity index (χ1v) is 8.61. The van der Waals surface area contributed by atoms with Gasteiger partial charge in [0.1, 0.15) is 5.75 Å². The molecule has 1 aromatic carbocycles. The van der Waals surface area contributed by atoms with Gasteiger partial charge < -0.3 is 5.11 Å². The molecule has 1 aliphatic heterocycles. The monoisotopic (exact) mass is 299 g/mol. The van der Waals surface area contributed by atoms with E-state index in [1.54, 1.807) is 0 Å². The van der Waals surface area contributed by atoms with Gasteiger partial charge in [-0.3, -0.25) is 4.90 Å². The Morgan fingerprint density at radius 1 is 1.41 bits per heavy atom. The molecule has 0 aromatic heterocycles. The first kappa shape index (κ1) is 15.6. The number of benzene rings is 1. The molecule has 2 aliphatic rings. The summed E-state index contributed by atoms with van der Waals surface area (Å²) in [7, 11) is 0. The zero-order valence-corrected chi connectivity index (χ0v) is 14.4. The summed E-state index contributed by atoms with van der Waals surface area (Å²) in [6.45, 7) is 11.5. The van der Waals surface area contributed by atoms with Gasteiger partial charge in [0.25, 0.3) is 0 Å². The van der Waals surface area contributed by atoms with Crippen molar-refractivity contribution in [2.45, 2.75) is 58.4 Å². The molecule has 0 saturated carbocycles.